The Morgan fingerprint density at radius 2 is 2.21 bits per heavy atom. The summed E-state index contributed by atoms with van der Waals surface area (Å²) in [6, 6.07) is 5.97. The average molecular weight is 258 g/mol. The van der Waals surface area contributed by atoms with Crippen molar-refractivity contribution in [2.24, 2.45) is 0 Å². The molecule has 77 valence electrons. The monoisotopic (exact) mass is 257 g/mol. The van der Waals surface area contributed by atoms with Gasteiger partial charge in [-0.05, 0) is 24.5 Å². The van der Waals surface area contributed by atoms with Gasteiger partial charge in [0.25, 0.3) is 0 Å². The fourth-order valence-corrected chi connectivity index (χ4v) is 2.25. The predicted molar refractivity (Wildman–Crippen MR) is 62.2 cm³/mol. The minimum absolute atomic E-state index is 0.263. The third-order valence-electron chi connectivity index (χ3n) is 2.25. The molecule has 0 nitrogen and oxygen atoms in total. The van der Waals surface area contributed by atoms with E-state index in [1.165, 1.54) is 5.56 Å². The standard InChI is InChI=1S/C12H15BrF/c1-3-5-10-6-4-7-11(12(10)13)9(2)8-14/h4,6-7,9H,2-3,5,8H2,1H3. The van der Waals surface area contributed by atoms with Gasteiger partial charge >= 0.3 is 0 Å². The summed E-state index contributed by atoms with van der Waals surface area (Å²) >= 11 is 3.52. The van der Waals surface area contributed by atoms with E-state index in [2.05, 4.69) is 35.8 Å². The van der Waals surface area contributed by atoms with Crippen LogP contribution in [0.1, 0.15) is 30.4 Å². The van der Waals surface area contributed by atoms with Crippen molar-refractivity contribution >= 4 is 15.9 Å². The normalized spacial score (nSPS) is 12.9. The number of hydrogen-bond acceptors (Lipinski definition) is 0. The second-order valence-corrected chi connectivity index (χ2v) is 4.21. The summed E-state index contributed by atoms with van der Waals surface area (Å²) in [6.45, 7) is 5.51. The first kappa shape index (κ1) is 11.7. The van der Waals surface area contributed by atoms with Crippen LogP contribution in [-0.2, 0) is 6.42 Å². The lowest BCUT2D eigenvalue weighted by Gasteiger charge is -2.12. The molecule has 2 heteroatoms. The Labute approximate surface area is 93.7 Å². The van der Waals surface area contributed by atoms with E-state index in [0.29, 0.717) is 0 Å². The molecule has 0 fully saturated rings. The number of rotatable bonds is 4. The molecule has 1 unspecified atom stereocenters. The molecule has 0 aliphatic carbocycles. The van der Waals surface area contributed by atoms with E-state index in [1.54, 1.807) is 0 Å². The van der Waals surface area contributed by atoms with Gasteiger partial charge in [-0.25, -0.2) is 0 Å². The van der Waals surface area contributed by atoms with Crippen molar-refractivity contribution < 1.29 is 4.39 Å². The largest absolute Gasteiger partial charge is 0.250 e. The summed E-state index contributed by atoms with van der Waals surface area (Å²) in [7, 11) is 0. The van der Waals surface area contributed by atoms with Gasteiger partial charge < -0.3 is 0 Å². The van der Waals surface area contributed by atoms with Crippen LogP contribution in [0.3, 0.4) is 0 Å². The zero-order valence-electron chi connectivity index (χ0n) is 8.39. The van der Waals surface area contributed by atoms with Gasteiger partial charge in [0, 0.05) is 10.4 Å². The summed E-state index contributed by atoms with van der Waals surface area (Å²) < 4.78 is 13.5. The predicted octanol–water partition coefficient (Wildman–Crippen LogP) is 4.29. The lowest BCUT2D eigenvalue weighted by Crippen LogP contribution is -1.99. The molecule has 1 aromatic rings. The molecule has 1 radical (unpaired) electrons. The Morgan fingerprint density at radius 3 is 2.79 bits per heavy atom. The van der Waals surface area contributed by atoms with Crippen molar-refractivity contribution in [3.05, 3.63) is 40.7 Å². The van der Waals surface area contributed by atoms with Crippen LogP contribution in [0.4, 0.5) is 4.39 Å². The van der Waals surface area contributed by atoms with Gasteiger partial charge in [-0.3, -0.25) is 4.39 Å². The van der Waals surface area contributed by atoms with Crippen molar-refractivity contribution in [1.29, 1.82) is 0 Å². The third kappa shape index (κ3) is 2.57. The van der Waals surface area contributed by atoms with E-state index in [-0.39, 0.29) is 5.92 Å². The highest BCUT2D eigenvalue weighted by Gasteiger charge is 2.11. The lowest BCUT2D eigenvalue weighted by atomic mass is 9.99. The van der Waals surface area contributed by atoms with Crippen LogP contribution in [0, 0.1) is 6.92 Å². The van der Waals surface area contributed by atoms with E-state index in [1.807, 2.05) is 12.1 Å². The van der Waals surface area contributed by atoms with Crippen LogP contribution in [0.5, 0.6) is 0 Å². The van der Waals surface area contributed by atoms with E-state index in [0.717, 1.165) is 22.9 Å². The Hall–Kier alpha value is -0.370. The first-order valence-electron chi connectivity index (χ1n) is 4.87. The van der Waals surface area contributed by atoms with Crippen LogP contribution in [0.25, 0.3) is 0 Å². The third-order valence-corrected chi connectivity index (χ3v) is 3.22. The van der Waals surface area contributed by atoms with Gasteiger partial charge in [0.2, 0.25) is 0 Å². The van der Waals surface area contributed by atoms with Crippen molar-refractivity contribution in [3.63, 3.8) is 0 Å². The minimum atomic E-state index is -0.409. The zero-order valence-corrected chi connectivity index (χ0v) is 9.98. The fourth-order valence-electron chi connectivity index (χ4n) is 1.46. The van der Waals surface area contributed by atoms with Gasteiger partial charge in [-0.2, -0.15) is 0 Å². The molecule has 0 spiro atoms. The van der Waals surface area contributed by atoms with Gasteiger partial charge in [0.15, 0.2) is 0 Å². The van der Waals surface area contributed by atoms with E-state index in [9.17, 15) is 4.39 Å². The Bertz CT molecular complexity index is 296. The van der Waals surface area contributed by atoms with Crippen molar-refractivity contribution in [2.75, 3.05) is 6.67 Å². The highest BCUT2D eigenvalue weighted by Crippen LogP contribution is 2.28. The molecular weight excluding hydrogens is 243 g/mol. The van der Waals surface area contributed by atoms with Crippen molar-refractivity contribution in [2.45, 2.75) is 25.7 Å². The van der Waals surface area contributed by atoms with Crippen LogP contribution in [0.2, 0.25) is 0 Å². The van der Waals surface area contributed by atoms with Gasteiger partial charge in [0.05, 0.1) is 6.67 Å². The summed E-state index contributed by atoms with van der Waals surface area (Å²) in [4.78, 5) is 0. The summed E-state index contributed by atoms with van der Waals surface area (Å²) in [6.07, 6.45) is 2.12. The van der Waals surface area contributed by atoms with Gasteiger partial charge in [0.1, 0.15) is 0 Å². The molecular formula is C12H15BrF. The van der Waals surface area contributed by atoms with Crippen LogP contribution in [-0.4, -0.2) is 6.67 Å². The van der Waals surface area contributed by atoms with Crippen molar-refractivity contribution in [1.82, 2.24) is 0 Å². The summed E-state index contributed by atoms with van der Waals surface area (Å²) in [5.74, 6) is -0.263. The quantitative estimate of drug-likeness (QED) is 0.755. The lowest BCUT2D eigenvalue weighted by molar-refractivity contribution is 0.464. The molecule has 1 atom stereocenters. The number of aryl methyl sites for hydroxylation is 1. The van der Waals surface area contributed by atoms with E-state index in [4.69, 9.17) is 0 Å². The number of hydrogen-bond donors (Lipinski definition) is 0. The molecule has 0 N–H and O–H groups in total. The SMILES string of the molecule is [CH2]C(CF)c1cccc(CCC)c1Br. The second kappa shape index (κ2) is 5.50. The number of alkyl halides is 1. The summed E-state index contributed by atoms with van der Waals surface area (Å²) in [5.41, 5.74) is 2.21. The molecule has 0 aliphatic rings. The Balaban J connectivity index is 3.00. The van der Waals surface area contributed by atoms with Crippen LogP contribution in [0.15, 0.2) is 22.7 Å². The van der Waals surface area contributed by atoms with E-state index < -0.39 is 6.67 Å². The highest BCUT2D eigenvalue weighted by molar-refractivity contribution is 9.10. The Morgan fingerprint density at radius 1 is 1.50 bits per heavy atom. The highest BCUT2D eigenvalue weighted by atomic mass is 79.9. The minimum Gasteiger partial charge on any atom is -0.250 e. The molecule has 1 aromatic carbocycles. The molecule has 0 aliphatic heterocycles. The smallest absolute Gasteiger partial charge is 0.0963 e. The Kier molecular flexibility index (Phi) is 4.59. The van der Waals surface area contributed by atoms with Gasteiger partial charge in [-0.1, -0.05) is 47.5 Å². The molecule has 14 heavy (non-hydrogen) atoms. The average Bonchev–Trinajstić information content (AvgIpc) is 2.20. The topological polar surface area (TPSA) is 0 Å². The zero-order chi connectivity index (χ0) is 10.6. The molecule has 0 heterocycles. The van der Waals surface area contributed by atoms with E-state index >= 15 is 0 Å². The molecule has 0 saturated heterocycles. The molecule has 1 rings (SSSR count). The second-order valence-electron chi connectivity index (χ2n) is 3.42. The maximum Gasteiger partial charge on any atom is 0.0963 e. The van der Waals surface area contributed by atoms with Gasteiger partial charge in [-0.15, -0.1) is 0 Å². The molecule has 0 aromatic heterocycles. The fraction of sp³-hybridized carbons (Fsp3) is 0.417. The number of halogens is 2. The molecule has 0 bridgehead atoms. The molecule has 0 saturated carbocycles. The molecule has 0 amide bonds. The maximum atomic E-state index is 12.5. The number of benzene rings is 1. The first-order chi connectivity index (χ1) is 6.70. The maximum absolute atomic E-state index is 12.5. The van der Waals surface area contributed by atoms with Crippen LogP contribution < -0.4 is 0 Å². The van der Waals surface area contributed by atoms with Crippen LogP contribution >= 0.6 is 15.9 Å². The first-order valence-corrected chi connectivity index (χ1v) is 5.66. The van der Waals surface area contributed by atoms with Crippen molar-refractivity contribution in [3.8, 4) is 0 Å². The summed E-state index contributed by atoms with van der Waals surface area (Å²) in [5, 5.41) is 0.